The number of rotatable bonds is 8. The molecule has 1 atom stereocenters. The van der Waals surface area contributed by atoms with Gasteiger partial charge >= 0.3 is 12.1 Å². The Kier molecular flexibility index (Phi) is 6.69. The third-order valence-electron chi connectivity index (χ3n) is 5.60. The number of hydrogen-bond donors (Lipinski definition) is 3. The van der Waals surface area contributed by atoms with Crippen molar-refractivity contribution in [1.29, 1.82) is 0 Å². The van der Waals surface area contributed by atoms with Gasteiger partial charge in [0.15, 0.2) is 0 Å². The molecule has 1 aromatic heterocycles. The first kappa shape index (κ1) is 22.5. The van der Waals surface area contributed by atoms with Crippen molar-refractivity contribution in [1.82, 2.24) is 15.6 Å². The molecular weight excluding hydrogens is 442 g/mol. The monoisotopic (exact) mass is 465 g/mol. The Balaban J connectivity index is 1.39. The number of aryl methyl sites for hydroxylation is 1. The maximum Gasteiger partial charge on any atom is 0.407 e. The molecule has 0 aliphatic heterocycles. The van der Waals surface area contributed by atoms with E-state index in [1.165, 1.54) is 11.3 Å². The van der Waals surface area contributed by atoms with E-state index in [2.05, 4.69) is 15.6 Å². The molecule has 2 aromatic carbocycles. The molecule has 0 fully saturated rings. The van der Waals surface area contributed by atoms with E-state index in [0.717, 1.165) is 32.8 Å². The van der Waals surface area contributed by atoms with Crippen molar-refractivity contribution in [3.05, 3.63) is 75.7 Å². The van der Waals surface area contributed by atoms with Crippen LogP contribution in [0, 0.1) is 6.92 Å². The SMILES string of the molecule is Cc1ncsc1CNC(=O)C(CC(=O)O)NC(=O)OCC1c2ccccc2-c2ccccc21. The molecular formula is C24H23N3O5S. The fraction of sp³-hybridized carbons (Fsp3) is 0.250. The maximum atomic E-state index is 12.5. The lowest BCUT2D eigenvalue weighted by Gasteiger charge is -2.18. The van der Waals surface area contributed by atoms with E-state index in [4.69, 9.17) is 4.74 Å². The van der Waals surface area contributed by atoms with Crippen molar-refractivity contribution < 1.29 is 24.2 Å². The van der Waals surface area contributed by atoms with Gasteiger partial charge in [-0.25, -0.2) is 9.78 Å². The lowest BCUT2D eigenvalue weighted by Crippen LogP contribution is -2.48. The maximum absolute atomic E-state index is 12.5. The number of fused-ring (bicyclic) bond motifs is 3. The number of nitrogens with zero attached hydrogens (tertiary/aromatic N) is 1. The van der Waals surface area contributed by atoms with E-state index in [9.17, 15) is 19.5 Å². The highest BCUT2D eigenvalue weighted by Gasteiger charge is 2.30. The van der Waals surface area contributed by atoms with Gasteiger partial charge in [0, 0.05) is 10.8 Å². The Morgan fingerprint density at radius 3 is 2.30 bits per heavy atom. The van der Waals surface area contributed by atoms with Crippen molar-refractivity contribution in [2.45, 2.75) is 31.8 Å². The van der Waals surface area contributed by atoms with Crippen LogP contribution in [-0.2, 0) is 20.9 Å². The van der Waals surface area contributed by atoms with E-state index in [1.54, 1.807) is 5.51 Å². The number of alkyl carbamates (subject to hydrolysis) is 1. The van der Waals surface area contributed by atoms with Gasteiger partial charge in [0.25, 0.3) is 0 Å². The van der Waals surface area contributed by atoms with Gasteiger partial charge in [0.1, 0.15) is 12.6 Å². The number of carboxylic acids is 1. The standard InChI is InChI=1S/C24H23N3O5S/c1-14-21(33-13-26-14)11-25-23(30)20(10-22(28)29)27-24(31)32-12-19-17-8-4-2-6-15(17)16-7-3-5-9-18(16)19/h2-9,13,19-20H,10-12H2,1H3,(H,25,30)(H,27,31)(H,28,29). The van der Waals surface area contributed by atoms with Crippen LogP contribution in [0.3, 0.4) is 0 Å². The third kappa shape index (κ3) is 5.04. The normalized spacial score (nSPS) is 13.0. The number of ether oxygens (including phenoxy) is 1. The number of carbonyl (C=O) groups is 3. The van der Waals surface area contributed by atoms with Crippen LogP contribution >= 0.6 is 11.3 Å². The highest BCUT2D eigenvalue weighted by Crippen LogP contribution is 2.44. The van der Waals surface area contributed by atoms with Gasteiger partial charge < -0.3 is 20.5 Å². The first-order valence-corrected chi connectivity index (χ1v) is 11.3. The molecule has 1 heterocycles. The fourth-order valence-electron chi connectivity index (χ4n) is 3.95. The fourth-order valence-corrected chi connectivity index (χ4v) is 4.67. The first-order valence-electron chi connectivity index (χ1n) is 10.4. The van der Waals surface area contributed by atoms with E-state index in [1.807, 2.05) is 55.5 Å². The molecule has 1 aliphatic carbocycles. The number of amides is 2. The van der Waals surface area contributed by atoms with E-state index in [-0.39, 0.29) is 19.1 Å². The summed E-state index contributed by atoms with van der Waals surface area (Å²) in [6.07, 6.45) is -1.40. The minimum atomic E-state index is -1.26. The Morgan fingerprint density at radius 2 is 1.73 bits per heavy atom. The number of hydrogen-bond acceptors (Lipinski definition) is 6. The zero-order valence-electron chi connectivity index (χ0n) is 17.9. The molecule has 33 heavy (non-hydrogen) atoms. The van der Waals surface area contributed by atoms with Crippen molar-refractivity contribution in [3.63, 3.8) is 0 Å². The molecule has 0 radical (unpaired) electrons. The molecule has 8 nitrogen and oxygen atoms in total. The summed E-state index contributed by atoms with van der Waals surface area (Å²) >= 11 is 1.39. The summed E-state index contributed by atoms with van der Waals surface area (Å²) in [6, 6.07) is 14.6. The quantitative estimate of drug-likeness (QED) is 0.469. The molecule has 9 heteroatoms. The van der Waals surface area contributed by atoms with Crippen LogP contribution in [0.1, 0.15) is 34.0 Å². The van der Waals surface area contributed by atoms with Crippen molar-refractivity contribution >= 4 is 29.3 Å². The lowest BCUT2D eigenvalue weighted by atomic mass is 9.98. The molecule has 0 bridgehead atoms. The average Bonchev–Trinajstić information content (AvgIpc) is 3.36. The van der Waals surface area contributed by atoms with Crippen LogP contribution < -0.4 is 10.6 Å². The van der Waals surface area contributed by atoms with Crippen LogP contribution in [0.25, 0.3) is 11.1 Å². The Bertz CT molecular complexity index is 1150. The summed E-state index contributed by atoms with van der Waals surface area (Å²) in [5, 5.41) is 14.2. The van der Waals surface area contributed by atoms with Crippen molar-refractivity contribution in [2.75, 3.05) is 6.61 Å². The summed E-state index contributed by atoms with van der Waals surface area (Å²) in [6.45, 7) is 2.10. The minimum absolute atomic E-state index is 0.0708. The molecule has 170 valence electrons. The molecule has 0 saturated heterocycles. The summed E-state index contributed by atoms with van der Waals surface area (Å²) < 4.78 is 5.44. The number of aliphatic carboxylic acids is 1. The summed E-state index contributed by atoms with van der Waals surface area (Å²) in [4.78, 5) is 41.3. The number of nitrogens with one attached hydrogen (secondary N) is 2. The molecule has 1 unspecified atom stereocenters. The molecule has 1 aliphatic rings. The second kappa shape index (κ2) is 9.83. The van der Waals surface area contributed by atoms with Gasteiger partial charge in [-0.2, -0.15) is 0 Å². The zero-order valence-corrected chi connectivity index (χ0v) is 18.7. The first-order chi connectivity index (χ1) is 15.9. The molecule has 0 spiro atoms. The summed E-state index contributed by atoms with van der Waals surface area (Å²) in [7, 11) is 0. The average molecular weight is 466 g/mol. The van der Waals surface area contributed by atoms with Crippen LogP contribution in [-0.4, -0.2) is 40.7 Å². The molecule has 3 aromatic rings. The van der Waals surface area contributed by atoms with Crippen LogP contribution in [0.4, 0.5) is 4.79 Å². The third-order valence-corrected chi connectivity index (χ3v) is 6.53. The highest BCUT2D eigenvalue weighted by atomic mass is 32.1. The van der Waals surface area contributed by atoms with E-state index < -0.39 is 30.4 Å². The number of benzene rings is 2. The van der Waals surface area contributed by atoms with Crippen LogP contribution in [0.2, 0.25) is 0 Å². The van der Waals surface area contributed by atoms with Crippen molar-refractivity contribution in [2.24, 2.45) is 0 Å². The zero-order chi connectivity index (χ0) is 23.4. The van der Waals surface area contributed by atoms with Crippen molar-refractivity contribution in [3.8, 4) is 11.1 Å². The van der Waals surface area contributed by atoms with Gasteiger partial charge in [-0.05, 0) is 29.2 Å². The lowest BCUT2D eigenvalue weighted by molar-refractivity contribution is -0.139. The molecule has 0 saturated carbocycles. The second-order valence-electron chi connectivity index (χ2n) is 7.70. The van der Waals surface area contributed by atoms with Crippen LogP contribution in [0.15, 0.2) is 54.0 Å². The number of carboxylic acid groups (broad SMARTS) is 1. The molecule has 3 N–H and O–H groups in total. The minimum Gasteiger partial charge on any atom is -0.481 e. The Hall–Kier alpha value is -3.72. The van der Waals surface area contributed by atoms with E-state index >= 15 is 0 Å². The Labute approximate surface area is 194 Å². The van der Waals surface area contributed by atoms with Crippen LogP contribution in [0.5, 0.6) is 0 Å². The summed E-state index contributed by atoms with van der Waals surface area (Å²) in [5.74, 6) is -1.94. The molecule has 2 amide bonds. The van der Waals surface area contributed by atoms with E-state index in [0.29, 0.717) is 0 Å². The van der Waals surface area contributed by atoms with Gasteiger partial charge in [-0.15, -0.1) is 11.3 Å². The second-order valence-corrected chi connectivity index (χ2v) is 8.64. The summed E-state index contributed by atoms with van der Waals surface area (Å²) in [5.41, 5.74) is 6.78. The predicted octanol–water partition coefficient (Wildman–Crippen LogP) is 3.45. The topological polar surface area (TPSA) is 118 Å². The van der Waals surface area contributed by atoms with Gasteiger partial charge in [-0.1, -0.05) is 48.5 Å². The number of thiazole rings is 1. The number of aromatic nitrogens is 1. The highest BCUT2D eigenvalue weighted by molar-refractivity contribution is 7.09. The largest absolute Gasteiger partial charge is 0.481 e. The smallest absolute Gasteiger partial charge is 0.407 e. The molecule has 4 rings (SSSR count). The predicted molar refractivity (Wildman–Crippen MR) is 123 cm³/mol. The number of carbonyl (C=O) groups excluding carboxylic acids is 2. The van der Waals surface area contributed by atoms with Gasteiger partial charge in [0.2, 0.25) is 5.91 Å². The Morgan fingerprint density at radius 1 is 1.09 bits per heavy atom. The van der Waals surface area contributed by atoms with Gasteiger partial charge in [0.05, 0.1) is 24.2 Å². The van der Waals surface area contributed by atoms with Gasteiger partial charge in [-0.3, -0.25) is 9.59 Å².